The molecule has 4 rings (SSSR count). The molecule has 3 aromatic rings. The van der Waals surface area contributed by atoms with E-state index in [1.165, 1.54) is 16.8 Å². The number of nitrogens with zero attached hydrogens (tertiary/aromatic N) is 3. The van der Waals surface area contributed by atoms with Crippen molar-refractivity contribution in [1.82, 2.24) is 19.8 Å². The SMILES string of the molecule is CCOC(=O)CN1C(=S)N[C@H](c2ccccn2)[C@H]1c1cc(C)n(-c2c(C)cccc2C)c1C. The van der Waals surface area contributed by atoms with E-state index >= 15 is 0 Å². The highest BCUT2D eigenvalue weighted by Gasteiger charge is 2.42. The van der Waals surface area contributed by atoms with Crippen molar-refractivity contribution >= 4 is 23.3 Å². The minimum atomic E-state index is -0.295. The molecular formula is C26H30N4O2S. The number of carbonyl (C=O) groups excluding carboxylic acids is 1. The molecule has 0 aliphatic carbocycles. The zero-order valence-electron chi connectivity index (χ0n) is 19.8. The first-order chi connectivity index (χ1) is 15.8. The number of hydrogen-bond acceptors (Lipinski definition) is 4. The largest absolute Gasteiger partial charge is 0.465 e. The summed E-state index contributed by atoms with van der Waals surface area (Å²) in [7, 11) is 0. The number of aryl methyl sites for hydroxylation is 3. The molecule has 1 aromatic carbocycles. The lowest BCUT2D eigenvalue weighted by Gasteiger charge is -2.27. The lowest BCUT2D eigenvalue weighted by Crippen LogP contribution is -2.35. The van der Waals surface area contributed by atoms with Gasteiger partial charge in [-0.1, -0.05) is 24.3 Å². The number of para-hydroxylation sites is 1. The fourth-order valence-corrected chi connectivity index (χ4v) is 5.15. The Morgan fingerprint density at radius 3 is 2.48 bits per heavy atom. The maximum atomic E-state index is 12.5. The molecule has 1 N–H and O–H groups in total. The summed E-state index contributed by atoms with van der Waals surface area (Å²) in [5.74, 6) is -0.295. The van der Waals surface area contributed by atoms with E-state index in [4.69, 9.17) is 17.0 Å². The Morgan fingerprint density at radius 2 is 1.85 bits per heavy atom. The number of nitrogens with one attached hydrogen (secondary N) is 1. The van der Waals surface area contributed by atoms with Gasteiger partial charge in [0.15, 0.2) is 5.11 Å². The molecule has 3 heterocycles. The number of aromatic nitrogens is 2. The lowest BCUT2D eigenvalue weighted by molar-refractivity contribution is -0.143. The number of esters is 1. The van der Waals surface area contributed by atoms with Crippen molar-refractivity contribution in [1.29, 1.82) is 0 Å². The molecule has 0 amide bonds. The monoisotopic (exact) mass is 462 g/mol. The molecule has 0 saturated carbocycles. The maximum Gasteiger partial charge on any atom is 0.325 e. The predicted octanol–water partition coefficient (Wildman–Crippen LogP) is 4.64. The van der Waals surface area contributed by atoms with Crippen molar-refractivity contribution in [2.24, 2.45) is 0 Å². The van der Waals surface area contributed by atoms with Gasteiger partial charge in [-0.25, -0.2) is 0 Å². The molecule has 1 aliphatic rings. The van der Waals surface area contributed by atoms with Crippen LogP contribution in [0.15, 0.2) is 48.7 Å². The van der Waals surface area contributed by atoms with Crippen LogP contribution in [0.5, 0.6) is 0 Å². The first-order valence-corrected chi connectivity index (χ1v) is 11.6. The molecule has 1 saturated heterocycles. The third-order valence-corrected chi connectivity index (χ3v) is 6.61. The van der Waals surface area contributed by atoms with E-state index in [1.807, 2.05) is 30.0 Å². The number of pyridine rings is 1. The minimum Gasteiger partial charge on any atom is -0.465 e. The van der Waals surface area contributed by atoms with Crippen molar-refractivity contribution in [3.63, 3.8) is 0 Å². The number of ether oxygens (including phenoxy) is 1. The molecule has 172 valence electrons. The van der Waals surface area contributed by atoms with E-state index in [0.717, 1.165) is 22.6 Å². The third-order valence-electron chi connectivity index (χ3n) is 6.25. The fraction of sp³-hybridized carbons (Fsp3) is 0.346. The van der Waals surface area contributed by atoms with Crippen LogP contribution in [-0.2, 0) is 9.53 Å². The molecule has 2 atom stereocenters. The van der Waals surface area contributed by atoms with Crippen LogP contribution in [0.4, 0.5) is 0 Å². The normalized spacial score (nSPS) is 17.8. The number of hydrogen-bond donors (Lipinski definition) is 1. The summed E-state index contributed by atoms with van der Waals surface area (Å²) in [6, 6.07) is 14.0. The summed E-state index contributed by atoms with van der Waals surface area (Å²) in [5, 5.41) is 3.94. The van der Waals surface area contributed by atoms with Crippen molar-refractivity contribution in [3.05, 3.63) is 82.4 Å². The van der Waals surface area contributed by atoms with E-state index in [-0.39, 0.29) is 24.6 Å². The van der Waals surface area contributed by atoms with Gasteiger partial charge in [0, 0.05) is 17.6 Å². The van der Waals surface area contributed by atoms with Gasteiger partial charge < -0.3 is 19.5 Å². The topological polar surface area (TPSA) is 59.4 Å². The molecule has 7 heteroatoms. The van der Waals surface area contributed by atoms with E-state index in [9.17, 15) is 4.79 Å². The molecule has 0 radical (unpaired) electrons. The van der Waals surface area contributed by atoms with Crippen LogP contribution in [-0.4, -0.2) is 38.7 Å². The Morgan fingerprint density at radius 1 is 1.12 bits per heavy atom. The van der Waals surface area contributed by atoms with Gasteiger partial charge in [0.1, 0.15) is 6.54 Å². The molecule has 1 fully saturated rings. The molecule has 0 unspecified atom stereocenters. The van der Waals surface area contributed by atoms with Crippen molar-refractivity contribution in [2.75, 3.05) is 13.2 Å². The zero-order chi connectivity index (χ0) is 23.7. The number of rotatable bonds is 6. The van der Waals surface area contributed by atoms with Gasteiger partial charge in [0.2, 0.25) is 0 Å². The van der Waals surface area contributed by atoms with Gasteiger partial charge >= 0.3 is 5.97 Å². The lowest BCUT2D eigenvalue weighted by atomic mass is 9.96. The van der Waals surface area contributed by atoms with Crippen LogP contribution in [0.2, 0.25) is 0 Å². The first-order valence-electron chi connectivity index (χ1n) is 11.2. The van der Waals surface area contributed by atoms with Crippen molar-refractivity contribution < 1.29 is 9.53 Å². The highest BCUT2D eigenvalue weighted by atomic mass is 32.1. The van der Waals surface area contributed by atoms with Crippen LogP contribution in [0.3, 0.4) is 0 Å². The molecule has 6 nitrogen and oxygen atoms in total. The smallest absolute Gasteiger partial charge is 0.325 e. The summed E-state index contributed by atoms with van der Waals surface area (Å²) in [6.07, 6.45) is 1.78. The van der Waals surface area contributed by atoms with Crippen LogP contribution < -0.4 is 5.32 Å². The number of thiocarbonyl (C=S) groups is 1. The summed E-state index contributed by atoms with van der Waals surface area (Å²) in [4.78, 5) is 19.0. The van der Waals surface area contributed by atoms with Gasteiger partial charge in [-0.2, -0.15) is 0 Å². The van der Waals surface area contributed by atoms with Gasteiger partial charge in [0.25, 0.3) is 0 Å². The summed E-state index contributed by atoms with van der Waals surface area (Å²) >= 11 is 5.69. The number of benzene rings is 1. The third kappa shape index (κ3) is 4.25. The highest BCUT2D eigenvalue weighted by Crippen LogP contribution is 2.41. The van der Waals surface area contributed by atoms with Crippen LogP contribution in [0.25, 0.3) is 5.69 Å². The van der Waals surface area contributed by atoms with Crippen molar-refractivity contribution in [3.8, 4) is 5.69 Å². The second-order valence-corrected chi connectivity index (χ2v) is 8.85. The Balaban J connectivity index is 1.85. The van der Waals surface area contributed by atoms with E-state index < -0.39 is 0 Å². The van der Waals surface area contributed by atoms with E-state index in [0.29, 0.717) is 11.7 Å². The van der Waals surface area contributed by atoms with E-state index in [2.05, 4.69) is 66.8 Å². The first kappa shape index (κ1) is 23.0. The molecule has 1 aliphatic heterocycles. The second kappa shape index (κ2) is 9.35. The van der Waals surface area contributed by atoms with E-state index in [1.54, 1.807) is 6.20 Å². The van der Waals surface area contributed by atoms with Gasteiger partial charge in [-0.15, -0.1) is 0 Å². The number of carbonyl (C=O) groups is 1. The fourth-order valence-electron chi connectivity index (χ4n) is 4.85. The maximum absolute atomic E-state index is 12.5. The average Bonchev–Trinajstić information content (AvgIpc) is 3.25. The highest BCUT2D eigenvalue weighted by molar-refractivity contribution is 7.80. The predicted molar refractivity (Wildman–Crippen MR) is 134 cm³/mol. The second-order valence-electron chi connectivity index (χ2n) is 8.46. The molecule has 2 aromatic heterocycles. The Kier molecular flexibility index (Phi) is 6.51. The Labute approximate surface area is 200 Å². The summed E-state index contributed by atoms with van der Waals surface area (Å²) in [6.45, 7) is 10.8. The molecular weight excluding hydrogens is 432 g/mol. The summed E-state index contributed by atoms with van der Waals surface area (Å²) in [5.41, 5.74) is 7.88. The van der Waals surface area contributed by atoms with Crippen LogP contribution in [0.1, 0.15) is 52.8 Å². The van der Waals surface area contributed by atoms with Crippen molar-refractivity contribution in [2.45, 2.75) is 46.7 Å². The Bertz CT molecular complexity index is 1170. The van der Waals surface area contributed by atoms with Gasteiger partial charge in [-0.05, 0) is 81.7 Å². The average molecular weight is 463 g/mol. The molecule has 33 heavy (non-hydrogen) atoms. The minimum absolute atomic E-state index is 0.0841. The quantitative estimate of drug-likeness (QED) is 0.425. The zero-order valence-corrected chi connectivity index (χ0v) is 20.6. The summed E-state index contributed by atoms with van der Waals surface area (Å²) < 4.78 is 7.55. The van der Waals surface area contributed by atoms with Gasteiger partial charge in [-0.3, -0.25) is 9.78 Å². The molecule has 0 bridgehead atoms. The standard InChI is InChI=1S/C26H30N4O2S/c1-6-32-22(31)15-29-25(23(28-26(29)33)21-12-7-8-13-27-21)20-14-18(4)30(19(20)5)24-16(2)10-9-11-17(24)3/h7-14,23,25H,6,15H2,1-5H3,(H,28,33)/t23-,25-/m1/s1. The van der Waals surface area contributed by atoms with Crippen LogP contribution in [0, 0.1) is 27.7 Å². The molecule has 0 spiro atoms. The Hall–Kier alpha value is -3.19. The van der Waals surface area contributed by atoms with Gasteiger partial charge in [0.05, 0.1) is 30.1 Å². The van der Waals surface area contributed by atoms with Crippen LogP contribution >= 0.6 is 12.2 Å².